The zero-order valence-electron chi connectivity index (χ0n) is 14.1. The van der Waals surface area contributed by atoms with Crippen LogP contribution in [0.3, 0.4) is 0 Å². The normalized spacial score (nSPS) is 21.4. The van der Waals surface area contributed by atoms with Crippen LogP contribution in [0.4, 0.5) is 5.69 Å². The molecule has 0 unspecified atom stereocenters. The summed E-state index contributed by atoms with van der Waals surface area (Å²) in [7, 11) is 1.47. The van der Waals surface area contributed by atoms with Crippen molar-refractivity contribution in [1.29, 1.82) is 0 Å². The van der Waals surface area contributed by atoms with E-state index in [2.05, 4.69) is 10.2 Å². The zero-order chi connectivity index (χ0) is 16.9. The monoisotopic (exact) mass is 335 g/mol. The number of nitro groups is 1. The highest BCUT2D eigenvalue weighted by Gasteiger charge is 2.32. The number of piperazine rings is 1. The first-order chi connectivity index (χ1) is 11.7. The van der Waals surface area contributed by atoms with Gasteiger partial charge in [-0.3, -0.25) is 15.0 Å². The van der Waals surface area contributed by atoms with Crippen LogP contribution in [0.1, 0.15) is 24.4 Å². The fourth-order valence-electron chi connectivity index (χ4n) is 3.81. The molecule has 7 nitrogen and oxygen atoms in total. The fraction of sp³-hybridized carbons (Fsp3) is 0.647. The highest BCUT2D eigenvalue weighted by atomic mass is 16.6. The minimum Gasteiger partial charge on any atom is -0.490 e. The van der Waals surface area contributed by atoms with Gasteiger partial charge < -0.3 is 14.8 Å². The Bertz CT molecular complexity index is 551. The Morgan fingerprint density at radius 2 is 2.04 bits per heavy atom. The number of rotatable bonds is 5. The lowest BCUT2D eigenvalue weighted by molar-refractivity contribution is -0.385. The molecule has 0 spiro atoms. The van der Waals surface area contributed by atoms with Gasteiger partial charge in [-0.25, -0.2) is 0 Å². The van der Waals surface area contributed by atoms with Gasteiger partial charge in [0.1, 0.15) is 0 Å². The molecule has 1 N–H and O–H groups in total. The van der Waals surface area contributed by atoms with Crippen molar-refractivity contribution in [1.82, 2.24) is 10.2 Å². The van der Waals surface area contributed by atoms with Crippen LogP contribution in [-0.2, 0) is 4.74 Å². The van der Waals surface area contributed by atoms with Crippen LogP contribution in [-0.4, -0.2) is 56.3 Å². The smallest absolute Gasteiger partial charge is 0.311 e. The molecule has 132 valence electrons. The summed E-state index contributed by atoms with van der Waals surface area (Å²) < 4.78 is 10.7. The third-order valence-electron chi connectivity index (χ3n) is 5.00. The van der Waals surface area contributed by atoms with Crippen LogP contribution in [0, 0.1) is 16.0 Å². The maximum absolute atomic E-state index is 11.4. The van der Waals surface area contributed by atoms with E-state index in [9.17, 15) is 10.1 Å². The molecule has 1 aromatic rings. The van der Waals surface area contributed by atoms with Crippen LogP contribution >= 0.6 is 0 Å². The van der Waals surface area contributed by atoms with Gasteiger partial charge in [0.15, 0.2) is 5.75 Å². The molecular weight excluding hydrogens is 310 g/mol. The van der Waals surface area contributed by atoms with Crippen molar-refractivity contribution in [2.75, 3.05) is 46.5 Å². The lowest BCUT2D eigenvalue weighted by atomic mass is 9.85. The predicted molar refractivity (Wildman–Crippen MR) is 90.4 cm³/mol. The van der Waals surface area contributed by atoms with Crippen molar-refractivity contribution in [2.24, 2.45) is 5.92 Å². The highest BCUT2D eigenvalue weighted by molar-refractivity contribution is 5.49. The second kappa shape index (κ2) is 7.92. The SMILES string of the molecule is COc1ccc([C@@H](C2CCOCC2)N2CCNCC2)cc1[N+](=O)[O-]. The molecule has 0 radical (unpaired) electrons. The Kier molecular flexibility index (Phi) is 5.65. The van der Waals surface area contributed by atoms with Crippen molar-refractivity contribution in [3.8, 4) is 5.75 Å². The zero-order valence-corrected chi connectivity index (χ0v) is 14.1. The summed E-state index contributed by atoms with van der Waals surface area (Å²) >= 11 is 0. The van der Waals surface area contributed by atoms with E-state index < -0.39 is 0 Å². The number of nitrogens with zero attached hydrogens (tertiary/aromatic N) is 2. The molecule has 0 aliphatic carbocycles. The molecule has 24 heavy (non-hydrogen) atoms. The predicted octanol–water partition coefficient (Wildman–Crippen LogP) is 1.98. The van der Waals surface area contributed by atoms with Crippen LogP contribution in [0.15, 0.2) is 18.2 Å². The number of hydrogen-bond donors (Lipinski definition) is 1. The van der Waals surface area contributed by atoms with Gasteiger partial charge in [0.05, 0.1) is 12.0 Å². The first-order valence-corrected chi connectivity index (χ1v) is 8.55. The summed E-state index contributed by atoms with van der Waals surface area (Å²) in [4.78, 5) is 13.5. The summed E-state index contributed by atoms with van der Waals surface area (Å²) in [6, 6.07) is 5.59. The quantitative estimate of drug-likeness (QED) is 0.655. The van der Waals surface area contributed by atoms with Gasteiger partial charge in [0.25, 0.3) is 0 Å². The molecule has 2 aliphatic rings. The molecule has 2 fully saturated rings. The Morgan fingerprint density at radius 1 is 1.33 bits per heavy atom. The largest absolute Gasteiger partial charge is 0.490 e. The summed E-state index contributed by atoms with van der Waals surface area (Å²) in [5, 5.41) is 14.8. The number of hydrogen-bond acceptors (Lipinski definition) is 6. The minimum atomic E-state index is -0.360. The average molecular weight is 335 g/mol. The second-order valence-electron chi connectivity index (χ2n) is 6.37. The molecular formula is C17H25N3O4. The van der Waals surface area contributed by atoms with Crippen molar-refractivity contribution < 1.29 is 14.4 Å². The highest BCUT2D eigenvalue weighted by Crippen LogP contribution is 2.38. The van der Waals surface area contributed by atoms with E-state index >= 15 is 0 Å². The second-order valence-corrected chi connectivity index (χ2v) is 6.37. The molecule has 0 bridgehead atoms. The topological polar surface area (TPSA) is 76.9 Å². The number of nitrogens with one attached hydrogen (secondary N) is 1. The minimum absolute atomic E-state index is 0.0437. The molecule has 2 aliphatic heterocycles. The first-order valence-electron chi connectivity index (χ1n) is 8.55. The van der Waals surface area contributed by atoms with Gasteiger partial charge in [-0.1, -0.05) is 6.07 Å². The Balaban J connectivity index is 1.94. The van der Waals surface area contributed by atoms with Crippen molar-refractivity contribution >= 4 is 5.69 Å². The van der Waals surface area contributed by atoms with Crippen LogP contribution in [0.25, 0.3) is 0 Å². The van der Waals surface area contributed by atoms with E-state index in [0.717, 1.165) is 57.8 Å². The van der Waals surface area contributed by atoms with Crippen molar-refractivity contribution in [3.05, 3.63) is 33.9 Å². The van der Waals surface area contributed by atoms with Gasteiger partial charge >= 0.3 is 5.69 Å². The summed E-state index contributed by atoms with van der Waals surface area (Å²) in [5.74, 6) is 0.777. The number of benzene rings is 1. The Morgan fingerprint density at radius 3 is 2.67 bits per heavy atom. The lowest BCUT2D eigenvalue weighted by Gasteiger charge is -2.41. The molecule has 1 atom stereocenters. The van der Waals surface area contributed by atoms with E-state index in [4.69, 9.17) is 9.47 Å². The van der Waals surface area contributed by atoms with Gasteiger partial charge in [0.2, 0.25) is 0 Å². The van der Waals surface area contributed by atoms with Gasteiger partial charge in [-0.15, -0.1) is 0 Å². The van der Waals surface area contributed by atoms with Crippen LogP contribution < -0.4 is 10.1 Å². The van der Waals surface area contributed by atoms with Gasteiger partial charge in [0, 0.05) is 51.5 Å². The molecule has 0 aromatic heterocycles. The summed E-state index contributed by atoms with van der Waals surface area (Å²) in [6.45, 7) is 5.37. The van der Waals surface area contributed by atoms with Crippen LogP contribution in [0.5, 0.6) is 5.75 Å². The summed E-state index contributed by atoms with van der Waals surface area (Å²) in [6.07, 6.45) is 1.99. The Hall–Kier alpha value is -1.70. The number of ether oxygens (including phenoxy) is 2. The van der Waals surface area contributed by atoms with E-state index in [1.54, 1.807) is 12.1 Å². The average Bonchev–Trinajstić information content (AvgIpc) is 2.63. The maximum atomic E-state index is 11.4. The van der Waals surface area contributed by atoms with Crippen LogP contribution in [0.2, 0.25) is 0 Å². The maximum Gasteiger partial charge on any atom is 0.311 e. The number of nitro benzene ring substituents is 1. The third-order valence-corrected chi connectivity index (χ3v) is 5.00. The number of methoxy groups -OCH3 is 1. The van der Waals surface area contributed by atoms with E-state index in [1.165, 1.54) is 7.11 Å². The van der Waals surface area contributed by atoms with E-state index in [-0.39, 0.29) is 16.7 Å². The van der Waals surface area contributed by atoms with Gasteiger partial charge in [-0.05, 0) is 30.4 Å². The van der Waals surface area contributed by atoms with E-state index in [1.807, 2.05) is 6.07 Å². The van der Waals surface area contributed by atoms with Crippen molar-refractivity contribution in [3.63, 3.8) is 0 Å². The molecule has 2 heterocycles. The standard InChI is InChI=1S/C17H25N3O4/c1-23-16-3-2-14(12-15(16)20(21)22)17(13-4-10-24-11-5-13)19-8-6-18-7-9-19/h2-3,12-13,17-18H,4-11H2,1H3/t17-/m1/s1. The summed E-state index contributed by atoms with van der Waals surface area (Å²) in [5.41, 5.74) is 1.05. The fourth-order valence-corrected chi connectivity index (χ4v) is 3.81. The molecule has 2 saturated heterocycles. The molecule has 3 rings (SSSR count). The molecule has 0 saturated carbocycles. The van der Waals surface area contributed by atoms with Crippen molar-refractivity contribution in [2.45, 2.75) is 18.9 Å². The van der Waals surface area contributed by atoms with E-state index in [0.29, 0.717) is 11.7 Å². The Labute approximate surface area is 142 Å². The first kappa shape index (κ1) is 17.1. The molecule has 0 amide bonds. The lowest BCUT2D eigenvalue weighted by Crippen LogP contribution is -2.47. The van der Waals surface area contributed by atoms with Gasteiger partial charge in [-0.2, -0.15) is 0 Å². The third kappa shape index (κ3) is 3.68. The molecule has 7 heteroatoms. The molecule has 1 aromatic carbocycles.